The zero-order valence-electron chi connectivity index (χ0n) is 15.1. The number of carbonyl (C=O) groups excluding carboxylic acids is 1. The Morgan fingerprint density at radius 1 is 1.20 bits per heavy atom. The van der Waals surface area contributed by atoms with E-state index in [1.54, 1.807) is 10.7 Å². The molecule has 0 atom stereocenters. The minimum atomic E-state index is -0.293. The van der Waals surface area contributed by atoms with Gasteiger partial charge in [0.1, 0.15) is 5.69 Å². The standard InChI is InChI=1S/C17H22N6O2/c1-10-11(2)20-23(13(10)4)7-6-18-17(24)16-8-15(21-25-16)14-9-22(5)19-12(14)3/h8-9H,6-7H2,1-5H3,(H,18,24). The molecule has 8 nitrogen and oxygen atoms in total. The predicted octanol–water partition coefficient (Wildman–Crippen LogP) is 1.94. The van der Waals surface area contributed by atoms with Crippen molar-refractivity contribution in [1.29, 1.82) is 0 Å². The van der Waals surface area contributed by atoms with Gasteiger partial charge in [-0.15, -0.1) is 0 Å². The quantitative estimate of drug-likeness (QED) is 0.765. The van der Waals surface area contributed by atoms with Crippen LogP contribution in [0, 0.1) is 27.7 Å². The number of hydrogen-bond acceptors (Lipinski definition) is 5. The maximum absolute atomic E-state index is 12.2. The normalized spacial score (nSPS) is 11.1. The summed E-state index contributed by atoms with van der Waals surface area (Å²) >= 11 is 0. The van der Waals surface area contributed by atoms with Crippen LogP contribution < -0.4 is 5.32 Å². The molecule has 0 radical (unpaired) electrons. The highest BCUT2D eigenvalue weighted by Crippen LogP contribution is 2.21. The summed E-state index contributed by atoms with van der Waals surface area (Å²) in [7, 11) is 1.84. The molecule has 25 heavy (non-hydrogen) atoms. The number of nitrogens with zero attached hydrogens (tertiary/aromatic N) is 5. The minimum Gasteiger partial charge on any atom is -0.350 e. The van der Waals surface area contributed by atoms with Gasteiger partial charge in [0.05, 0.1) is 17.9 Å². The third kappa shape index (κ3) is 3.33. The van der Waals surface area contributed by atoms with Crippen LogP contribution in [0.2, 0.25) is 0 Å². The lowest BCUT2D eigenvalue weighted by Crippen LogP contribution is -2.27. The Balaban J connectivity index is 1.62. The first-order valence-corrected chi connectivity index (χ1v) is 8.13. The smallest absolute Gasteiger partial charge is 0.289 e. The summed E-state index contributed by atoms with van der Waals surface area (Å²) < 4.78 is 8.78. The predicted molar refractivity (Wildman–Crippen MR) is 92.2 cm³/mol. The number of rotatable bonds is 5. The van der Waals surface area contributed by atoms with E-state index in [1.807, 2.05) is 45.6 Å². The first-order chi connectivity index (χ1) is 11.9. The van der Waals surface area contributed by atoms with Crippen LogP contribution in [0.15, 0.2) is 16.8 Å². The molecule has 0 aliphatic carbocycles. The summed E-state index contributed by atoms with van der Waals surface area (Å²) in [4.78, 5) is 12.2. The number of hydrogen-bond donors (Lipinski definition) is 1. The molecule has 0 aromatic carbocycles. The van der Waals surface area contributed by atoms with Gasteiger partial charge in [0.2, 0.25) is 5.76 Å². The van der Waals surface area contributed by atoms with Crippen molar-refractivity contribution in [3.63, 3.8) is 0 Å². The number of amides is 1. The van der Waals surface area contributed by atoms with Crippen LogP contribution >= 0.6 is 0 Å². The molecule has 8 heteroatoms. The average Bonchev–Trinajstić information content (AvgIpc) is 3.23. The topological polar surface area (TPSA) is 90.8 Å². The highest BCUT2D eigenvalue weighted by Gasteiger charge is 2.16. The molecule has 0 fully saturated rings. The van der Waals surface area contributed by atoms with E-state index in [-0.39, 0.29) is 11.7 Å². The van der Waals surface area contributed by atoms with Crippen molar-refractivity contribution in [2.24, 2.45) is 7.05 Å². The first kappa shape index (κ1) is 16.9. The van der Waals surface area contributed by atoms with Crippen LogP contribution in [-0.2, 0) is 13.6 Å². The van der Waals surface area contributed by atoms with Crippen molar-refractivity contribution < 1.29 is 9.32 Å². The fourth-order valence-electron chi connectivity index (χ4n) is 2.73. The third-order valence-electron chi connectivity index (χ3n) is 4.38. The lowest BCUT2D eigenvalue weighted by molar-refractivity contribution is 0.0915. The minimum absolute atomic E-state index is 0.183. The van der Waals surface area contributed by atoms with Crippen LogP contribution in [0.5, 0.6) is 0 Å². The second kappa shape index (κ2) is 6.54. The zero-order chi connectivity index (χ0) is 18.1. The van der Waals surface area contributed by atoms with Crippen molar-refractivity contribution in [2.45, 2.75) is 34.2 Å². The molecule has 0 aliphatic heterocycles. The van der Waals surface area contributed by atoms with E-state index in [4.69, 9.17) is 4.52 Å². The van der Waals surface area contributed by atoms with Gasteiger partial charge in [-0.2, -0.15) is 10.2 Å². The second-order valence-corrected chi connectivity index (χ2v) is 6.15. The van der Waals surface area contributed by atoms with Crippen molar-refractivity contribution in [3.8, 4) is 11.3 Å². The van der Waals surface area contributed by atoms with E-state index in [2.05, 4.69) is 20.7 Å². The Kier molecular flexibility index (Phi) is 4.43. The molecular formula is C17H22N6O2. The molecule has 0 unspecified atom stereocenters. The Hall–Kier alpha value is -2.90. The zero-order valence-corrected chi connectivity index (χ0v) is 15.1. The van der Waals surface area contributed by atoms with E-state index in [0.29, 0.717) is 18.8 Å². The largest absolute Gasteiger partial charge is 0.350 e. The van der Waals surface area contributed by atoms with Gasteiger partial charge in [0, 0.05) is 37.1 Å². The average molecular weight is 342 g/mol. The van der Waals surface area contributed by atoms with Crippen molar-refractivity contribution in [3.05, 3.63) is 40.7 Å². The molecule has 0 aliphatic rings. The molecule has 3 heterocycles. The van der Waals surface area contributed by atoms with Crippen LogP contribution in [0.3, 0.4) is 0 Å². The second-order valence-electron chi connectivity index (χ2n) is 6.15. The Bertz CT molecular complexity index is 918. The van der Waals surface area contributed by atoms with E-state index < -0.39 is 0 Å². The van der Waals surface area contributed by atoms with Crippen molar-refractivity contribution >= 4 is 5.91 Å². The van der Waals surface area contributed by atoms with Crippen LogP contribution in [0.4, 0.5) is 0 Å². The molecule has 0 bridgehead atoms. The van der Waals surface area contributed by atoms with Crippen LogP contribution in [0.25, 0.3) is 11.3 Å². The first-order valence-electron chi connectivity index (χ1n) is 8.13. The maximum atomic E-state index is 12.2. The van der Waals surface area contributed by atoms with Crippen LogP contribution in [0.1, 0.15) is 33.2 Å². The fraction of sp³-hybridized carbons (Fsp3) is 0.412. The van der Waals surface area contributed by atoms with E-state index >= 15 is 0 Å². The summed E-state index contributed by atoms with van der Waals surface area (Å²) in [5, 5.41) is 15.5. The maximum Gasteiger partial charge on any atom is 0.289 e. The monoisotopic (exact) mass is 342 g/mol. The molecule has 132 valence electrons. The number of aryl methyl sites for hydroxylation is 3. The number of nitrogens with one attached hydrogen (secondary N) is 1. The van der Waals surface area contributed by atoms with Crippen molar-refractivity contribution in [1.82, 2.24) is 30.0 Å². The molecule has 1 amide bonds. The molecule has 1 N–H and O–H groups in total. The van der Waals surface area contributed by atoms with E-state index in [1.165, 1.54) is 5.56 Å². The molecule has 3 rings (SSSR count). The number of carbonyl (C=O) groups is 1. The number of aromatic nitrogens is 5. The highest BCUT2D eigenvalue weighted by molar-refractivity contribution is 5.92. The van der Waals surface area contributed by atoms with Crippen LogP contribution in [-0.4, -0.2) is 37.2 Å². The van der Waals surface area contributed by atoms with Gasteiger partial charge >= 0.3 is 0 Å². The SMILES string of the molecule is Cc1nn(C)cc1-c1cc(C(=O)NCCn2nc(C)c(C)c2C)on1. The lowest BCUT2D eigenvalue weighted by atomic mass is 10.2. The van der Waals surface area contributed by atoms with E-state index in [0.717, 1.165) is 22.6 Å². The van der Waals surface area contributed by atoms with Gasteiger partial charge in [-0.3, -0.25) is 14.2 Å². The Morgan fingerprint density at radius 2 is 1.96 bits per heavy atom. The molecule has 0 saturated carbocycles. The summed E-state index contributed by atoms with van der Waals surface area (Å²) in [6, 6.07) is 1.63. The van der Waals surface area contributed by atoms with E-state index in [9.17, 15) is 4.79 Å². The van der Waals surface area contributed by atoms with Gasteiger partial charge in [0.15, 0.2) is 0 Å². The van der Waals surface area contributed by atoms with Crippen molar-refractivity contribution in [2.75, 3.05) is 6.54 Å². The molecule has 3 aromatic rings. The summed E-state index contributed by atoms with van der Waals surface area (Å²) in [6.45, 7) is 9.00. The molecule has 0 spiro atoms. The summed E-state index contributed by atoms with van der Waals surface area (Å²) in [5.41, 5.74) is 5.59. The summed E-state index contributed by atoms with van der Waals surface area (Å²) in [5.74, 6) is -0.110. The Labute approximate surface area is 145 Å². The molecule has 0 saturated heterocycles. The lowest BCUT2D eigenvalue weighted by Gasteiger charge is -2.05. The van der Waals surface area contributed by atoms with Gasteiger partial charge in [0.25, 0.3) is 5.91 Å². The van der Waals surface area contributed by atoms with Gasteiger partial charge in [-0.25, -0.2) is 0 Å². The molecular weight excluding hydrogens is 320 g/mol. The fourth-order valence-corrected chi connectivity index (χ4v) is 2.73. The van der Waals surface area contributed by atoms with Gasteiger partial charge in [-0.05, 0) is 33.3 Å². The summed E-state index contributed by atoms with van der Waals surface area (Å²) in [6.07, 6.45) is 1.85. The Morgan fingerprint density at radius 3 is 2.56 bits per heavy atom. The molecule has 3 aromatic heterocycles. The highest BCUT2D eigenvalue weighted by atomic mass is 16.5. The van der Waals surface area contributed by atoms with Gasteiger partial charge < -0.3 is 9.84 Å². The van der Waals surface area contributed by atoms with Gasteiger partial charge in [-0.1, -0.05) is 5.16 Å². The third-order valence-corrected chi connectivity index (χ3v) is 4.38.